The van der Waals surface area contributed by atoms with Gasteiger partial charge in [0.1, 0.15) is 10.6 Å². The van der Waals surface area contributed by atoms with Crippen LogP contribution in [0.15, 0.2) is 64.8 Å². The predicted octanol–water partition coefficient (Wildman–Crippen LogP) is 5.17. The van der Waals surface area contributed by atoms with E-state index in [1.54, 1.807) is 16.7 Å². The zero-order chi connectivity index (χ0) is 18.1. The van der Waals surface area contributed by atoms with Gasteiger partial charge in [0.05, 0.1) is 5.39 Å². The molecule has 0 saturated carbocycles. The highest BCUT2D eigenvalue weighted by Crippen LogP contribution is 2.30. The summed E-state index contributed by atoms with van der Waals surface area (Å²) in [6.07, 6.45) is 0.722. The van der Waals surface area contributed by atoms with Crippen molar-refractivity contribution in [3.8, 4) is 11.1 Å². The van der Waals surface area contributed by atoms with Crippen LogP contribution in [0.3, 0.4) is 0 Å². The standard InChI is InChI=1S/C20H15FN2OS2/c21-15-8-6-14(7-9-15)16-12-26-18-17(16)19(24)23(20(25)22-18)11-10-13-4-2-1-3-5-13/h1-9,12H,10-11H2,(H,22,25). The van der Waals surface area contributed by atoms with E-state index in [4.69, 9.17) is 12.2 Å². The van der Waals surface area contributed by atoms with Crippen molar-refractivity contribution in [2.24, 2.45) is 0 Å². The second-order valence-electron chi connectivity index (χ2n) is 5.98. The van der Waals surface area contributed by atoms with Crippen LogP contribution in [-0.4, -0.2) is 9.55 Å². The van der Waals surface area contributed by atoms with Gasteiger partial charge in [-0.05, 0) is 41.9 Å². The number of thiophene rings is 1. The number of nitrogens with zero attached hydrogens (tertiary/aromatic N) is 1. The molecule has 26 heavy (non-hydrogen) atoms. The van der Waals surface area contributed by atoms with E-state index in [2.05, 4.69) is 4.98 Å². The van der Waals surface area contributed by atoms with Crippen LogP contribution >= 0.6 is 23.6 Å². The Morgan fingerprint density at radius 2 is 1.81 bits per heavy atom. The Morgan fingerprint density at radius 3 is 2.54 bits per heavy atom. The topological polar surface area (TPSA) is 37.8 Å². The van der Waals surface area contributed by atoms with Crippen LogP contribution < -0.4 is 5.56 Å². The lowest BCUT2D eigenvalue weighted by atomic mass is 10.1. The fourth-order valence-electron chi connectivity index (χ4n) is 2.98. The summed E-state index contributed by atoms with van der Waals surface area (Å²) in [5.41, 5.74) is 2.66. The van der Waals surface area contributed by atoms with Crippen molar-refractivity contribution in [2.45, 2.75) is 13.0 Å². The summed E-state index contributed by atoms with van der Waals surface area (Å²) in [7, 11) is 0. The number of nitrogens with one attached hydrogen (secondary N) is 1. The van der Waals surface area contributed by atoms with Gasteiger partial charge in [-0.15, -0.1) is 11.3 Å². The lowest BCUT2D eigenvalue weighted by Gasteiger charge is -2.08. The molecule has 0 atom stereocenters. The molecule has 1 N–H and O–H groups in total. The molecular weight excluding hydrogens is 367 g/mol. The van der Waals surface area contributed by atoms with Gasteiger partial charge in [0, 0.05) is 17.5 Å². The van der Waals surface area contributed by atoms with Gasteiger partial charge in [0.15, 0.2) is 4.77 Å². The second kappa shape index (κ2) is 6.97. The molecule has 3 nitrogen and oxygen atoms in total. The van der Waals surface area contributed by atoms with E-state index in [0.717, 1.165) is 27.9 Å². The lowest BCUT2D eigenvalue weighted by molar-refractivity contribution is 0.628. The molecule has 0 saturated heterocycles. The van der Waals surface area contributed by atoms with Crippen molar-refractivity contribution in [1.82, 2.24) is 9.55 Å². The van der Waals surface area contributed by atoms with Crippen LogP contribution in [0.4, 0.5) is 4.39 Å². The Balaban J connectivity index is 1.79. The molecule has 4 aromatic rings. The number of fused-ring (bicyclic) bond motifs is 1. The zero-order valence-corrected chi connectivity index (χ0v) is 15.4. The van der Waals surface area contributed by atoms with E-state index in [9.17, 15) is 9.18 Å². The van der Waals surface area contributed by atoms with Gasteiger partial charge >= 0.3 is 0 Å². The van der Waals surface area contributed by atoms with Crippen molar-refractivity contribution < 1.29 is 4.39 Å². The van der Waals surface area contributed by atoms with Crippen LogP contribution in [0, 0.1) is 10.6 Å². The Morgan fingerprint density at radius 1 is 1.08 bits per heavy atom. The first-order valence-corrected chi connectivity index (χ1v) is 9.46. The molecule has 0 aliphatic heterocycles. The highest BCUT2D eigenvalue weighted by Gasteiger charge is 2.14. The number of halogens is 1. The zero-order valence-electron chi connectivity index (χ0n) is 13.7. The van der Waals surface area contributed by atoms with Gasteiger partial charge in [-0.3, -0.25) is 9.36 Å². The molecule has 0 aliphatic carbocycles. The first-order chi connectivity index (χ1) is 12.6. The van der Waals surface area contributed by atoms with Crippen LogP contribution in [0.2, 0.25) is 0 Å². The fourth-order valence-corrected chi connectivity index (χ4v) is 4.29. The number of aryl methyl sites for hydroxylation is 1. The number of aromatic amines is 1. The Bertz CT molecular complexity index is 1170. The largest absolute Gasteiger partial charge is 0.323 e. The van der Waals surface area contributed by atoms with Gasteiger partial charge in [-0.2, -0.15) is 0 Å². The highest BCUT2D eigenvalue weighted by molar-refractivity contribution is 7.71. The van der Waals surface area contributed by atoms with E-state index < -0.39 is 0 Å². The molecule has 0 aliphatic rings. The molecular formula is C20H15FN2OS2. The monoisotopic (exact) mass is 382 g/mol. The number of hydrogen-bond donors (Lipinski definition) is 1. The first kappa shape index (κ1) is 16.9. The van der Waals surface area contributed by atoms with E-state index in [1.165, 1.54) is 23.5 Å². The molecule has 0 amide bonds. The molecule has 4 rings (SSSR count). The summed E-state index contributed by atoms with van der Waals surface area (Å²) in [5.74, 6) is -0.298. The normalized spacial score (nSPS) is 11.1. The SMILES string of the molecule is O=c1c2c(-c3ccc(F)cc3)csc2[nH]c(=S)n1CCc1ccccc1. The summed E-state index contributed by atoms with van der Waals surface area (Å²) in [6.45, 7) is 0.507. The molecule has 0 unspecified atom stereocenters. The van der Waals surface area contributed by atoms with E-state index >= 15 is 0 Å². The molecule has 0 spiro atoms. The summed E-state index contributed by atoms with van der Waals surface area (Å²) >= 11 is 6.83. The van der Waals surface area contributed by atoms with Gasteiger partial charge in [0.2, 0.25) is 0 Å². The number of benzene rings is 2. The Labute approximate surface area is 158 Å². The van der Waals surface area contributed by atoms with Gasteiger partial charge in [0.25, 0.3) is 5.56 Å². The molecule has 2 aromatic heterocycles. The minimum atomic E-state index is -0.298. The number of H-pyrrole nitrogens is 1. The van der Waals surface area contributed by atoms with Crippen LogP contribution in [0.5, 0.6) is 0 Å². The number of rotatable bonds is 4. The Kier molecular flexibility index (Phi) is 4.53. The second-order valence-corrected chi connectivity index (χ2v) is 7.25. The van der Waals surface area contributed by atoms with Crippen molar-refractivity contribution >= 4 is 33.8 Å². The van der Waals surface area contributed by atoms with Gasteiger partial charge < -0.3 is 4.98 Å². The van der Waals surface area contributed by atoms with E-state index in [-0.39, 0.29) is 11.4 Å². The van der Waals surface area contributed by atoms with Crippen LogP contribution in [0.25, 0.3) is 21.3 Å². The fraction of sp³-hybridized carbons (Fsp3) is 0.100. The number of aromatic nitrogens is 2. The summed E-state index contributed by atoms with van der Waals surface area (Å²) in [5, 5.41) is 2.51. The quantitative estimate of drug-likeness (QED) is 0.495. The van der Waals surface area contributed by atoms with Crippen molar-refractivity contribution in [3.63, 3.8) is 0 Å². The molecule has 0 fully saturated rings. The van der Waals surface area contributed by atoms with Crippen LogP contribution in [-0.2, 0) is 13.0 Å². The van der Waals surface area contributed by atoms with Gasteiger partial charge in [-0.25, -0.2) is 4.39 Å². The smallest absolute Gasteiger partial charge is 0.263 e. The summed E-state index contributed by atoms with van der Waals surface area (Å²) in [6, 6.07) is 16.2. The third-order valence-electron chi connectivity index (χ3n) is 4.34. The lowest BCUT2D eigenvalue weighted by Crippen LogP contribution is -2.23. The maximum absolute atomic E-state index is 13.2. The minimum absolute atomic E-state index is 0.111. The van der Waals surface area contributed by atoms with Crippen molar-refractivity contribution in [3.05, 3.63) is 86.5 Å². The number of hydrogen-bond acceptors (Lipinski definition) is 3. The Hall–Kier alpha value is -2.57. The third-order valence-corrected chi connectivity index (χ3v) is 5.56. The van der Waals surface area contributed by atoms with E-state index in [0.29, 0.717) is 16.7 Å². The molecule has 6 heteroatoms. The molecule has 130 valence electrons. The van der Waals surface area contributed by atoms with Crippen molar-refractivity contribution in [1.29, 1.82) is 0 Å². The maximum atomic E-state index is 13.2. The van der Waals surface area contributed by atoms with Gasteiger partial charge in [-0.1, -0.05) is 42.5 Å². The van der Waals surface area contributed by atoms with Crippen molar-refractivity contribution in [2.75, 3.05) is 0 Å². The molecule has 0 radical (unpaired) electrons. The summed E-state index contributed by atoms with van der Waals surface area (Å²) < 4.78 is 15.2. The van der Waals surface area contributed by atoms with E-state index in [1.807, 2.05) is 35.7 Å². The third kappa shape index (κ3) is 3.13. The molecule has 2 heterocycles. The molecule has 0 bridgehead atoms. The average Bonchev–Trinajstić information content (AvgIpc) is 3.07. The maximum Gasteiger partial charge on any atom is 0.263 e. The van der Waals surface area contributed by atoms with Crippen LogP contribution in [0.1, 0.15) is 5.56 Å². The average molecular weight is 382 g/mol. The first-order valence-electron chi connectivity index (χ1n) is 8.17. The molecule has 2 aromatic carbocycles. The highest BCUT2D eigenvalue weighted by atomic mass is 32.1. The predicted molar refractivity (Wildman–Crippen MR) is 107 cm³/mol. The summed E-state index contributed by atoms with van der Waals surface area (Å²) in [4.78, 5) is 17.0. The minimum Gasteiger partial charge on any atom is -0.323 e.